The van der Waals surface area contributed by atoms with Crippen molar-refractivity contribution in [1.29, 1.82) is 0 Å². The van der Waals surface area contributed by atoms with Crippen LogP contribution in [0.4, 0.5) is 13.2 Å². The van der Waals surface area contributed by atoms with Gasteiger partial charge in [-0.25, -0.2) is 9.50 Å². The minimum atomic E-state index is -4.60. The van der Waals surface area contributed by atoms with Crippen molar-refractivity contribution in [3.8, 4) is 10.6 Å². The summed E-state index contributed by atoms with van der Waals surface area (Å²) in [6, 6.07) is 5.72. The van der Waals surface area contributed by atoms with Crippen molar-refractivity contribution in [1.82, 2.24) is 29.7 Å². The Balaban J connectivity index is 1.26. The lowest BCUT2D eigenvalue weighted by atomic mass is 10.2. The molecule has 0 unspecified atom stereocenters. The largest absolute Gasteiger partial charge is 0.436 e. The van der Waals surface area contributed by atoms with Crippen molar-refractivity contribution in [2.45, 2.75) is 37.9 Å². The molecule has 1 aliphatic carbocycles. The zero-order valence-corrected chi connectivity index (χ0v) is 18.7. The Morgan fingerprint density at radius 2 is 2.12 bits per heavy atom. The second-order valence-electron chi connectivity index (χ2n) is 7.75. The number of alkyl halides is 3. The monoisotopic (exact) mass is 494 g/mol. The van der Waals surface area contributed by atoms with Gasteiger partial charge in [0.05, 0.1) is 27.5 Å². The molecule has 1 aliphatic rings. The standard InChI is InChI=1S/C21H18ClF3N6OS/c22-16-17(12-4-5-12)30(29-18(16)21(23,24)25)9-2-7-27-20(32)13-11-28-31-14(6-8-26-19(13)31)15-3-1-10-33-15/h1,3,6,8,10-12H,2,4-5,7,9H2,(H,27,32). The van der Waals surface area contributed by atoms with E-state index in [4.69, 9.17) is 11.6 Å². The Kier molecular flexibility index (Phi) is 5.61. The van der Waals surface area contributed by atoms with Gasteiger partial charge in [0.15, 0.2) is 11.3 Å². The van der Waals surface area contributed by atoms with Crippen LogP contribution in [0.15, 0.2) is 36.0 Å². The molecule has 0 bridgehead atoms. The highest BCUT2D eigenvalue weighted by Crippen LogP contribution is 2.46. The van der Waals surface area contributed by atoms with Gasteiger partial charge >= 0.3 is 6.18 Å². The van der Waals surface area contributed by atoms with Crippen LogP contribution in [0.3, 0.4) is 0 Å². The van der Waals surface area contributed by atoms with Crippen molar-refractivity contribution in [3.63, 3.8) is 0 Å². The first-order chi connectivity index (χ1) is 15.8. The summed E-state index contributed by atoms with van der Waals surface area (Å²) in [6.07, 6.45) is 0.487. The molecular formula is C21H18ClF3N6OS. The van der Waals surface area contributed by atoms with E-state index in [1.54, 1.807) is 22.0 Å². The molecular weight excluding hydrogens is 477 g/mol. The maximum absolute atomic E-state index is 13.2. The first kappa shape index (κ1) is 21.9. The van der Waals surface area contributed by atoms with E-state index >= 15 is 0 Å². The van der Waals surface area contributed by atoms with Gasteiger partial charge in [-0.2, -0.15) is 23.4 Å². The molecule has 4 heterocycles. The Labute approximate surface area is 195 Å². The van der Waals surface area contributed by atoms with Crippen LogP contribution in [0.1, 0.15) is 46.9 Å². The van der Waals surface area contributed by atoms with E-state index in [1.165, 1.54) is 10.9 Å². The van der Waals surface area contributed by atoms with E-state index in [0.717, 1.165) is 23.4 Å². The summed E-state index contributed by atoms with van der Waals surface area (Å²) in [6.45, 7) is 0.473. The van der Waals surface area contributed by atoms with Crippen molar-refractivity contribution in [3.05, 3.63) is 57.9 Å². The fraction of sp³-hybridized carbons (Fsp3) is 0.333. The molecule has 0 saturated heterocycles. The summed E-state index contributed by atoms with van der Waals surface area (Å²) in [7, 11) is 0. The topological polar surface area (TPSA) is 77.1 Å². The Morgan fingerprint density at radius 3 is 2.82 bits per heavy atom. The van der Waals surface area contributed by atoms with Gasteiger partial charge in [0, 0.05) is 25.2 Å². The van der Waals surface area contributed by atoms with Crippen LogP contribution in [0.25, 0.3) is 16.2 Å². The third kappa shape index (κ3) is 4.22. The second-order valence-corrected chi connectivity index (χ2v) is 9.08. The van der Waals surface area contributed by atoms with Crippen LogP contribution < -0.4 is 5.32 Å². The van der Waals surface area contributed by atoms with E-state index in [9.17, 15) is 18.0 Å². The average Bonchev–Trinajstić information content (AvgIpc) is 3.16. The number of halogens is 4. The Hall–Kier alpha value is -2.92. The van der Waals surface area contributed by atoms with Crippen LogP contribution in [0.5, 0.6) is 0 Å². The van der Waals surface area contributed by atoms with Crippen molar-refractivity contribution in [2.24, 2.45) is 0 Å². The molecule has 0 atom stereocenters. The molecule has 0 aromatic carbocycles. The molecule has 0 spiro atoms. The normalized spacial score (nSPS) is 14.2. The number of fused-ring (bicyclic) bond motifs is 1. The highest BCUT2D eigenvalue weighted by atomic mass is 35.5. The van der Waals surface area contributed by atoms with E-state index in [-0.39, 0.29) is 29.9 Å². The number of nitrogens with one attached hydrogen (secondary N) is 1. The van der Waals surface area contributed by atoms with E-state index in [1.807, 2.05) is 23.6 Å². The number of rotatable bonds is 7. The molecule has 1 N–H and O–H groups in total. The van der Waals surface area contributed by atoms with Gasteiger partial charge in [0.1, 0.15) is 5.56 Å². The van der Waals surface area contributed by atoms with Crippen molar-refractivity contribution in [2.75, 3.05) is 6.54 Å². The van der Waals surface area contributed by atoms with Gasteiger partial charge in [-0.05, 0) is 36.8 Å². The fourth-order valence-corrected chi connectivity index (χ4v) is 4.87. The molecule has 1 saturated carbocycles. The second kappa shape index (κ2) is 8.45. The lowest BCUT2D eigenvalue weighted by Gasteiger charge is -2.08. The molecule has 4 aromatic rings. The summed E-state index contributed by atoms with van der Waals surface area (Å²) < 4.78 is 42.5. The fourth-order valence-electron chi connectivity index (χ4n) is 3.74. The van der Waals surface area contributed by atoms with Crippen LogP contribution >= 0.6 is 22.9 Å². The van der Waals surface area contributed by atoms with E-state index in [0.29, 0.717) is 23.3 Å². The van der Waals surface area contributed by atoms with Crippen molar-refractivity contribution < 1.29 is 18.0 Å². The number of hydrogen-bond acceptors (Lipinski definition) is 5. The molecule has 1 fully saturated rings. The molecule has 1 amide bonds. The summed E-state index contributed by atoms with van der Waals surface area (Å²) in [4.78, 5) is 18.0. The molecule has 12 heteroatoms. The van der Waals surface area contributed by atoms with E-state index in [2.05, 4.69) is 20.5 Å². The third-order valence-corrected chi connectivity index (χ3v) is 6.68. The first-order valence-corrected chi connectivity index (χ1v) is 11.6. The molecule has 7 nitrogen and oxygen atoms in total. The maximum Gasteiger partial charge on any atom is 0.436 e. The smallest absolute Gasteiger partial charge is 0.352 e. The van der Waals surface area contributed by atoms with Crippen LogP contribution in [0, 0.1) is 0 Å². The van der Waals surface area contributed by atoms with Crippen LogP contribution in [-0.2, 0) is 12.7 Å². The number of amides is 1. The molecule has 33 heavy (non-hydrogen) atoms. The molecule has 172 valence electrons. The minimum Gasteiger partial charge on any atom is -0.352 e. The maximum atomic E-state index is 13.2. The molecule has 5 rings (SSSR count). The third-order valence-electron chi connectivity index (χ3n) is 5.42. The summed E-state index contributed by atoms with van der Waals surface area (Å²) >= 11 is 7.55. The zero-order chi connectivity index (χ0) is 23.2. The predicted octanol–water partition coefficient (Wildman–Crippen LogP) is 5.02. The van der Waals surface area contributed by atoms with Crippen LogP contribution in [0.2, 0.25) is 5.02 Å². The number of thiophene rings is 1. The van der Waals surface area contributed by atoms with E-state index < -0.39 is 11.9 Å². The number of carbonyl (C=O) groups is 1. The average molecular weight is 495 g/mol. The van der Waals surface area contributed by atoms with Gasteiger partial charge in [0.2, 0.25) is 0 Å². The minimum absolute atomic E-state index is 0.0121. The summed E-state index contributed by atoms with van der Waals surface area (Å²) in [5.41, 5.74) is 0.978. The Bertz CT molecular complexity index is 1310. The SMILES string of the molecule is O=C(NCCCn1nc(C(F)(F)F)c(Cl)c1C1CC1)c1cnn2c(-c3cccs3)ccnc12. The lowest BCUT2D eigenvalue weighted by Crippen LogP contribution is -2.25. The Morgan fingerprint density at radius 1 is 1.30 bits per heavy atom. The number of hydrogen-bond donors (Lipinski definition) is 1. The van der Waals surface area contributed by atoms with Crippen molar-refractivity contribution >= 4 is 34.5 Å². The number of nitrogens with zero attached hydrogens (tertiary/aromatic N) is 5. The lowest BCUT2D eigenvalue weighted by molar-refractivity contribution is -0.141. The van der Waals surface area contributed by atoms with Crippen LogP contribution in [-0.4, -0.2) is 36.8 Å². The zero-order valence-electron chi connectivity index (χ0n) is 17.1. The number of aryl methyl sites for hydroxylation is 1. The highest BCUT2D eigenvalue weighted by Gasteiger charge is 2.41. The van der Waals surface area contributed by atoms with Gasteiger partial charge < -0.3 is 5.32 Å². The van der Waals surface area contributed by atoms with Gasteiger partial charge in [0.25, 0.3) is 5.91 Å². The number of carbonyl (C=O) groups excluding carboxylic acids is 1. The molecule has 4 aromatic heterocycles. The first-order valence-electron chi connectivity index (χ1n) is 10.3. The quantitative estimate of drug-likeness (QED) is 0.366. The summed E-state index contributed by atoms with van der Waals surface area (Å²) in [5, 5.41) is 12.5. The number of aromatic nitrogens is 5. The van der Waals surface area contributed by atoms with Gasteiger partial charge in [-0.3, -0.25) is 9.48 Å². The van der Waals surface area contributed by atoms with Gasteiger partial charge in [-0.15, -0.1) is 11.3 Å². The summed E-state index contributed by atoms with van der Waals surface area (Å²) in [5.74, 6) is -0.337. The molecule has 0 aliphatic heterocycles. The molecule has 0 radical (unpaired) electrons. The van der Waals surface area contributed by atoms with Gasteiger partial charge in [-0.1, -0.05) is 17.7 Å². The predicted molar refractivity (Wildman–Crippen MR) is 117 cm³/mol. The highest BCUT2D eigenvalue weighted by molar-refractivity contribution is 7.13.